The number of carbonyl (C=O) groups is 3. The highest BCUT2D eigenvalue weighted by molar-refractivity contribution is 6.09. The van der Waals surface area contributed by atoms with E-state index in [0.717, 1.165) is 10.5 Å². The molecule has 4 rings (SSSR count). The van der Waals surface area contributed by atoms with Gasteiger partial charge in [0.05, 0.1) is 18.5 Å². The van der Waals surface area contributed by atoms with Crippen LogP contribution in [0, 0.1) is 6.92 Å². The van der Waals surface area contributed by atoms with E-state index in [0.29, 0.717) is 22.5 Å². The molecule has 0 fully saturated rings. The fraction of sp³-hybridized carbons (Fsp3) is 0.227. The fourth-order valence-corrected chi connectivity index (χ4v) is 3.44. The Morgan fingerprint density at radius 2 is 1.93 bits per heavy atom. The highest BCUT2D eigenvalue weighted by Crippen LogP contribution is 2.19. The summed E-state index contributed by atoms with van der Waals surface area (Å²) in [6.45, 7) is 1.61. The number of esters is 1. The minimum Gasteiger partial charge on any atom is -0.459 e. The number of carbonyl (C=O) groups excluding carboxylic acids is 3. The molecular weight excluding hydrogens is 386 g/mol. The molecular formula is C22H19N3O5. The Bertz CT molecular complexity index is 1230. The monoisotopic (exact) mass is 405 g/mol. The van der Waals surface area contributed by atoms with Crippen molar-refractivity contribution in [3.63, 3.8) is 0 Å². The van der Waals surface area contributed by atoms with Gasteiger partial charge in [-0.15, -0.1) is 0 Å². The van der Waals surface area contributed by atoms with Crippen molar-refractivity contribution in [3.8, 4) is 0 Å². The predicted molar refractivity (Wildman–Crippen MR) is 107 cm³/mol. The van der Waals surface area contributed by atoms with Gasteiger partial charge in [0.1, 0.15) is 12.3 Å². The number of hydrogen-bond acceptors (Lipinski definition) is 6. The van der Waals surface area contributed by atoms with E-state index in [4.69, 9.17) is 4.74 Å². The summed E-state index contributed by atoms with van der Waals surface area (Å²) in [5.74, 6) is -1.33. The van der Waals surface area contributed by atoms with Crippen molar-refractivity contribution < 1.29 is 19.1 Å². The first-order valence-corrected chi connectivity index (χ1v) is 9.50. The number of aryl methyl sites for hydroxylation is 1. The lowest BCUT2D eigenvalue weighted by Crippen LogP contribution is -2.43. The van der Waals surface area contributed by atoms with Crippen LogP contribution >= 0.6 is 0 Å². The molecule has 30 heavy (non-hydrogen) atoms. The lowest BCUT2D eigenvalue weighted by Gasteiger charge is -2.26. The summed E-state index contributed by atoms with van der Waals surface area (Å²) >= 11 is 0. The average Bonchev–Trinajstić information content (AvgIpc) is 2.73. The third-order valence-electron chi connectivity index (χ3n) is 5.00. The second-order valence-electron chi connectivity index (χ2n) is 7.07. The van der Waals surface area contributed by atoms with E-state index in [2.05, 4.69) is 4.98 Å². The zero-order valence-electron chi connectivity index (χ0n) is 16.3. The number of aromatic nitrogens is 2. The van der Waals surface area contributed by atoms with E-state index in [9.17, 15) is 19.2 Å². The van der Waals surface area contributed by atoms with Gasteiger partial charge >= 0.3 is 5.97 Å². The van der Waals surface area contributed by atoms with Crippen LogP contribution in [0.3, 0.4) is 0 Å². The number of benzene rings is 1. The zero-order chi connectivity index (χ0) is 21.3. The zero-order valence-corrected chi connectivity index (χ0v) is 16.3. The van der Waals surface area contributed by atoms with Crippen LogP contribution in [0.5, 0.6) is 0 Å². The second kappa shape index (κ2) is 7.90. The number of rotatable bonds is 5. The minimum absolute atomic E-state index is 0.0578. The van der Waals surface area contributed by atoms with Crippen molar-refractivity contribution in [1.29, 1.82) is 0 Å². The van der Waals surface area contributed by atoms with E-state index in [1.807, 2.05) is 13.0 Å². The molecule has 0 aliphatic carbocycles. The number of hydrogen-bond donors (Lipinski definition) is 0. The summed E-state index contributed by atoms with van der Waals surface area (Å²) < 4.78 is 6.63. The summed E-state index contributed by atoms with van der Waals surface area (Å²) in [5, 5.41) is 0. The molecule has 1 aliphatic rings. The molecule has 0 radical (unpaired) electrons. The predicted octanol–water partition coefficient (Wildman–Crippen LogP) is 1.66. The molecule has 0 spiro atoms. The van der Waals surface area contributed by atoms with Gasteiger partial charge in [-0.2, -0.15) is 0 Å². The SMILES string of the molecule is Cc1cccn2c(=O)cc(COC(=O)CCN3C(=O)Cc4ccccc4C3=O)nc12. The Hall–Kier alpha value is -3.81. The van der Waals surface area contributed by atoms with Crippen molar-refractivity contribution >= 4 is 23.4 Å². The summed E-state index contributed by atoms with van der Waals surface area (Å²) in [4.78, 5) is 54.6. The van der Waals surface area contributed by atoms with Crippen molar-refractivity contribution in [2.24, 2.45) is 0 Å². The molecule has 1 aliphatic heterocycles. The summed E-state index contributed by atoms with van der Waals surface area (Å²) in [7, 11) is 0. The van der Waals surface area contributed by atoms with E-state index in [1.165, 1.54) is 10.5 Å². The average molecular weight is 405 g/mol. The van der Waals surface area contributed by atoms with Crippen molar-refractivity contribution in [2.75, 3.05) is 6.54 Å². The maximum atomic E-state index is 12.5. The van der Waals surface area contributed by atoms with Gasteiger partial charge in [-0.05, 0) is 30.2 Å². The highest BCUT2D eigenvalue weighted by atomic mass is 16.5. The number of ether oxygens (including phenoxy) is 1. The van der Waals surface area contributed by atoms with Crippen LogP contribution in [-0.4, -0.2) is 38.6 Å². The first-order valence-electron chi connectivity index (χ1n) is 9.50. The van der Waals surface area contributed by atoms with Gasteiger partial charge in [0.15, 0.2) is 0 Å². The number of amides is 2. The molecule has 0 bridgehead atoms. The van der Waals surface area contributed by atoms with E-state index in [1.54, 1.807) is 36.5 Å². The third kappa shape index (κ3) is 3.71. The molecule has 3 aromatic rings. The highest BCUT2D eigenvalue weighted by Gasteiger charge is 2.30. The Kier molecular flexibility index (Phi) is 5.14. The molecule has 2 aromatic heterocycles. The summed E-state index contributed by atoms with van der Waals surface area (Å²) in [6, 6.07) is 11.8. The number of pyridine rings is 1. The summed E-state index contributed by atoms with van der Waals surface area (Å²) in [6.07, 6.45) is 1.62. The number of imide groups is 1. The van der Waals surface area contributed by atoms with Crippen molar-refractivity contribution in [1.82, 2.24) is 14.3 Å². The largest absolute Gasteiger partial charge is 0.459 e. The molecule has 152 valence electrons. The maximum Gasteiger partial charge on any atom is 0.307 e. The van der Waals surface area contributed by atoms with E-state index in [-0.39, 0.29) is 37.5 Å². The second-order valence-corrected chi connectivity index (χ2v) is 7.07. The molecule has 0 unspecified atom stereocenters. The first-order chi connectivity index (χ1) is 14.4. The Balaban J connectivity index is 1.39. The lowest BCUT2D eigenvalue weighted by atomic mass is 9.98. The van der Waals surface area contributed by atoms with Crippen LogP contribution in [0.4, 0.5) is 0 Å². The van der Waals surface area contributed by atoms with Gasteiger partial charge in [0.25, 0.3) is 11.5 Å². The molecule has 0 saturated heterocycles. The summed E-state index contributed by atoms with van der Waals surface area (Å²) in [5.41, 5.74) is 2.56. The van der Waals surface area contributed by atoms with Gasteiger partial charge in [-0.25, -0.2) is 4.98 Å². The smallest absolute Gasteiger partial charge is 0.307 e. The first kappa shape index (κ1) is 19.5. The fourth-order valence-electron chi connectivity index (χ4n) is 3.44. The van der Waals surface area contributed by atoms with E-state index < -0.39 is 11.9 Å². The van der Waals surface area contributed by atoms with Crippen LogP contribution in [0.15, 0.2) is 53.5 Å². The topological polar surface area (TPSA) is 98.0 Å². The van der Waals surface area contributed by atoms with Crippen LogP contribution in [0.1, 0.15) is 33.6 Å². The van der Waals surface area contributed by atoms with Gasteiger partial charge < -0.3 is 4.74 Å². The number of nitrogens with zero attached hydrogens (tertiary/aromatic N) is 3. The van der Waals surface area contributed by atoms with Crippen LogP contribution < -0.4 is 5.56 Å². The van der Waals surface area contributed by atoms with Crippen LogP contribution in [0.2, 0.25) is 0 Å². The van der Waals surface area contributed by atoms with Crippen LogP contribution in [0.25, 0.3) is 5.65 Å². The minimum atomic E-state index is -0.582. The maximum absolute atomic E-state index is 12.5. The van der Waals surface area contributed by atoms with Gasteiger partial charge in [-0.3, -0.25) is 28.5 Å². The van der Waals surface area contributed by atoms with Crippen LogP contribution in [-0.2, 0) is 27.4 Å². The molecule has 1 aromatic carbocycles. The normalized spacial score (nSPS) is 13.4. The molecule has 0 atom stereocenters. The van der Waals surface area contributed by atoms with Crippen molar-refractivity contribution in [3.05, 3.63) is 81.4 Å². The quantitative estimate of drug-likeness (QED) is 0.473. The molecule has 0 N–H and O–H groups in total. The molecule has 2 amide bonds. The van der Waals surface area contributed by atoms with Gasteiger partial charge in [-0.1, -0.05) is 24.3 Å². The van der Waals surface area contributed by atoms with Gasteiger partial charge in [0.2, 0.25) is 5.91 Å². The molecule has 3 heterocycles. The molecule has 8 nitrogen and oxygen atoms in total. The standard InChI is InChI=1S/C22H19N3O5/c1-14-5-4-9-24-19(27)12-16(23-21(14)24)13-30-20(28)8-10-25-18(26)11-15-6-2-3-7-17(15)22(25)29/h2-7,9,12H,8,10-11,13H2,1H3. The Morgan fingerprint density at radius 1 is 1.13 bits per heavy atom. The van der Waals surface area contributed by atoms with Gasteiger partial charge in [0, 0.05) is 24.4 Å². The molecule has 0 saturated carbocycles. The Morgan fingerprint density at radius 3 is 2.77 bits per heavy atom. The lowest BCUT2D eigenvalue weighted by molar-refractivity contribution is -0.145. The third-order valence-corrected chi connectivity index (χ3v) is 5.00. The Labute approximate surface area is 171 Å². The number of fused-ring (bicyclic) bond motifs is 2. The molecule has 8 heteroatoms. The van der Waals surface area contributed by atoms with Crippen molar-refractivity contribution in [2.45, 2.75) is 26.4 Å². The van der Waals surface area contributed by atoms with E-state index >= 15 is 0 Å².